The zero-order valence-electron chi connectivity index (χ0n) is 10.7. The molecule has 0 saturated heterocycles. The summed E-state index contributed by atoms with van der Waals surface area (Å²) in [5.41, 5.74) is 0. The molecule has 3 amide bonds. The fraction of sp³-hybridized carbons (Fsp3) is 0.636. The summed E-state index contributed by atoms with van der Waals surface area (Å²) in [4.78, 5) is 22.2. The summed E-state index contributed by atoms with van der Waals surface area (Å²) in [7, 11) is 0. The maximum absolute atomic E-state index is 11.7. The van der Waals surface area contributed by atoms with Gasteiger partial charge in [0.25, 0.3) is 0 Å². The number of carbonyl (C=O) groups excluding carboxylic acids is 2. The third-order valence-electron chi connectivity index (χ3n) is 1.81. The SMILES string of the molecule is C#CCNC(=O)CNC(=O)NCCCOCC(F)(F)F. The number of carbonyl (C=O) groups is 2. The predicted molar refractivity (Wildman–Crippen MR) is 64.7 cm³/mol. The van der Waals surface area contributed by atoms with E-state index in [4.69, 9.17) is 6.42 Å². The summed E-state index contributed by atoms with van der Waals surface area (Å²) in [5, 5.41) is 6.96. The topological polar surface area (TPSA) is 79.5 Å². The lowest BCUT2D eigenvalue weighted by molar-refractivity contribution is -0.173. The Hall–Kier alpha value is -1.95. The third kappa shape index (κ3) is 12.5. The van der Waals surface area contributed by atoms with Crippen molar-refractivity contribution in [2.45, 2.75) is 12.6 Å². The molecule has 114 valence electrons. The molecule has 9 heteroatoms. The van der Waals surface area contributed by atoms with Gasteiger partial charge in [-0.3, -0.25) is 4.79 Å². The van der Waals surface area contributed by atoms with Crippen molar-refractivity contribution in [3.8, 4) is 12.3 Å². The number of halogens is 3. The molecule has 0 aliphatic heterocycles. The zero-order chi connectivity index (χ0) is 15.4. The van der Waals surface area contributed by atoms with Gasteiger partial charge in [0, 0.05) is 13.2 Å². The van der Waals surface area contributed by atoms with Gasteiger partial charge in [-0.15, -0.1) is 6.42 Å². The predicted octanol–water partition coefficient (Wildman–Crippen LogP) is 0.00400. The highest BCUT2D eigenvalue weighted by Crippen LogP contribution is 2.14. The number of ether oxygens (including phenoxy) is 1. The second kappa shape index (κ2) is 9.91. The van der Waals surface area contributed by atoms with E-state index in [1.807, 2.05) is 0 Å². The molecular weight excluding hydrogens is 279 g/mol. The number of amides is 3. The van der Waals surface area contributed by atoms with Crippen LogP contribution in [0.5, 0.6) is 0 Å². The van der Waals surface area contributed by atoms with Crippen LogP contribution in [0, 0.1) is 12.3 Å². The molecule has 0 atom stereocenters. The van der Waals surface area contributed by atoms with E-state index in [0.29, 0.717) is 0 Å². The van der Waals surface area contributed by atoms with Crippen molar-refractivity contribution in [3.05, 3.63) is 0 Å². The van der Waals surface area contributed by atoms with Gasteiger partial charge in [-0.25, -0.2) is 4.79 Å². The standard InChI is InChI=1S/C11H16F3N3O3/c1-2-4-15-9(18)7-17-10(19)16-5-3-6-20-8-11(12,13)14/h1H,3-8H2,(H,15,18)(H2,16,17,19). The number of urea groups is 1. The molecule has 0 radical (unpaired) electrons. The number of hydrogen-bond donors (Lipinski definition) is 3. The van der Waals surface area contributed by atoms with Crippen molar-refractivity contribution in [2.75, 3.05) is 32.8 Å². The first-order valence-corrected chi connectivity index (χ1v) is 5.71. The van der Waals surface area contributed by atoms with Crippen LogP contribution in [0.1, 0.15) is 6.42 Å². The van der Waals surface area contributed by atoms with Crippen molar-refractivity contribution in [3.63, 3.8) is 0 Å². The van der Waals surface area contributed by atoms with E-state index in [9.17, 15) is 22.8 Å². The van der Waals surface area contributed by atoms with Gasteiger partial charge >= 0.3 is 12.2 Å². The molecule has 0 unspecified atom stereocenters. The lowest BCUT2D eigenvalue weighted by Crippen LogP contribution is -2.42. The Morgan fingerprint density at radius 3 is 2.50 bits per heavy atom. The largest absolute Gasteiger partial charge is 0.411 e. The molecule has 20 heavy (non-hydrogen) atoms. The first-order valence-electron chi connectivity index (χ1n) is 5.71. The molecule has 0 rings (SSSR count). The summed E-state index contributed by atoms with van der Waals surface area (Å²) in [6, 6.07) is -0.600. The normalized spacial score (nSPS) is 10.5. The van der Waals surface area contributed by atoms with Crippen LogP contribution in [0.3, 0.4) is 0 Å². The lowest BCUT2D eigenvalue weighted by atomic mass is 10.4. The Morgan fingerprint density at radius 1 is 1.20 bits per heavy atom. The van der Waals surface area contributed by atoms with Crippen molar-refractivity contribution in [2.24, 2.45) is 0 Å². The Labute approximate surface area is 114 Å². The molecule has 0 heterocycles. The van der Waals surface area contributed by atoms with E-state index in [-0.39, 0.29) is 32.7 Å². The van der Waals surface area contributed by atoms with Crippen molar-refractivity contribution < 1.29 is 27.5 Å². The van der Waals surface area contributed by atoms with Gasteiger partial charge in [0.2, 0.25) is 5.91 Å². The zero-order valence-corrected chi connectivity index (χ0v) is 10.7. The maximum Gasteiger partial charge on any atom is 0.411 e. The molecule has 0 fully saturated rings. The van der Waals surface area contributed by atoms with Gasteiger partial charge in [-0.2, -0.15) is 13.2 Å². The maximum atomic E-state index is 11.7. The highest BCUT2D eigenvalue weighted by Gasteiger charge is 2.27. The van der Waals surface area contributed by atoms with E-state index >= 15 is 0 Å². The van der Waals surface area contributed by atoms with E-state index in [0.717, 1.165) is 0 Å². The molecule has 3 N–H and O–H groups in total. The minimum absolute atomic E-state index is 0.0681. The van der Waals surface area contributed by atoms with Crippen LogP contribution in [0.15, 0.2) is 0 Å². The number of nitrogens with one attached hydrogen (secondary N) is 3. The average Bonchev–Trinajstić information content (AvgIpc) is 2.36. The Bertz CT molecular complexity index is 353. The van der Waals surface area contributed by atoms with Crippen molar-refractivity contribution in [1.82, 2.24) is 16.0 Å². The average molecular weight is 295 g/mol. The minimum atomic E-state index is -4.35. The van der Waals surface area contributed by atoms with Crippen LogP contribution in [0.25, 0.3) is 0 Å². The first-order chi connectivity index (χ1) is 9.35. The summed E-state index contributed by atoms with van der Waals surface area (Å²) >= 11 is 0. The quantitative estimate of drug-likeness (QED) is 0.436. The molecule has 0 aromatic heterocycles. The Morgan fingerprint density at radius 2 is 1.90 bits per heavy atom. The van der Waals surface area contributed by atoms with E-state index < -0.39 is 24.7 Å². The van der Waals surface area contributed by atoms with Crippen LogP contribution >= 0.6 is 0 Å². The third-order valence-corrected chi connectivity index (χ3v) is 1.81. The van der Waals surface area contributed by atoms with Crippen LogP contribution in [0.4, 0.5) is 18.0 Å². The fourth-order valence-electron chi connectivity index (χ4n) is 0.999. The highest BCUT2D eigenvalue weighted by molar-refractivity contribution is 5.83. The molecule has 0 spiro atoms. The monoisotopic (exact) mass is 295 g/mol. The highest BCUT2D eigenvalue weighted by atomic mass is 19.4. The van der Waals surface area contributed by atoms with Crippen molar-refractivity contribution >= 4 is 11.9 Å². The second-order valence-electron chi connectivity index (χ2n) is 3.61. The number of rotatable bonds is 8. The molecule has 0 aliphatic rings. The molecule has 0 bridgehead atoms. The van der Waals surface area contributed by atoms with Gasteiger partial charge < -0.3 is 20.7 Å². The molecule has 6 nitrogen and oxygen atoms in total. The van der Waals surface area contributed by atoms with Gasteiger partial charge in [0.15, 0.2) is 0 Å². The Kier molecular flexibility index (Phi) is 8.95. The van der Waals surface area contributed by atoms with Crippen LogP contribution in [0.2, 0.25) is 0 Å². The van der Waals surface area contributed by atoms with Crippen molar-refractivity contribution in [1.29, 1.82) is 0 Å². The number of alkyl halides is 3. The lowest BCUT2D eigenvalue weighted by Gasteiger charge is -2.09. The smallest absolute Gasteiger partial charge is 0.372 e. The second-order valence-corrected chi connectivity index (χ2v) is 3.61. The fourth-order valence-corrected chi connectivity index (χ4v) is 0.999. The first kappa shape index (κ1) is 18.0. The van der Waals surface area contributed by atoms with E-state index in [1.165, 1.54) is 0 Å². The molecule has 0 aliphatic carbocycles. The minimum Gasteiger partial charge on any atom is -0.372 e. The van der Waals surface area contributed by atoms with Gasteiger partial charge in [0.1, 0.15) is 6.61 Å². The summed E-state index contributed by atoms with van der Waals surface area (Å²) in [5.74, 6) is 1.76. The summed E-state index contributed by atoms with van der Waals surface area (Å²) in [6.45, 7) is -1.47. The van der Waals surface area contributed by atoms with E-state index in [1.54, 1.807) is 0 Å². The van der Waals surface area contributed by atoms with Gasteiger partial charge in [-0.1, -0.05) is 5.92 Å². The van der Waals surface area contributed by atoms with Gasteiger partial charge in [-0.05, 0) is 6.42 Å². The molecular formula is C11H16F3N3O3. The van der Waals surface area contributed by atoms with Gasteiger partial charge in [0.05, 0.1) is 13.1 Å². The molecule has 0 saturated carbocycles. The molecule has 0 aromatic carbocycles. The number of terminal acetylenes is 1. The van der Waals surface area contributed by atoms with E-state index in [2.05, 4.69) is 26.6 Å². The molecule has 0 aromatic rings. The number of hydrogen-bond acceptors (Lipinski definition) is 3. The summed E-state index contributed by atoms with van der Waals surface area (Å²) in [6.07, 6.45) is 0.797. The Balaban J connectivity index is 3.46. The summed E-state index contributed by atoms with van der Waals surface area (Å²) < 4.78 is 39.5. The van der Waals surface area contributed by atoms with Crippen LogP contribution < -0.4 is 16.0 Å². The van der Waals surface area contributed by atoms with Crippen LogP contribution in [-0.4, -0.2) is 51.0 Å². The van der Waals surface area contributed by atoms with Crippen LogP contribution in [-0.2, 0) is 9.53 Å².